The molecular formula is C11H19ClN3O11P3. The Balaban J connectivity index is 2.06. The fourth-order valence-corrected chi connectivity index (χ4v) is 6.78. The Morgan fingerprint density at radius 2 is 1.97 bits per heavy atom. The fourth-order valence-electron chi connectivity index (χ4n) is 2.68. The van der Waals surface area contributed by atoms with E-state index in [2.05, 4.69) is 13.6 Å². The summed E-state index contributed by atoms with van der Waals surface area (Å²) in [4.78, 5) is 51.6. The summed E-state index contributed by atoms with van der Waals surface area (Å²) in [5, 5.41) is 0. The second kappa shape index (κ2) is 8.86. The molecule has 1 saturated heterocycles. The predicted octanol–water partition coefficient (Wildman–Crippen LogP) is 0.914. The van der Waals surface area contributed by atoms with Crippen molar-refractivity contribution in [3.8, 4) is 0 Å². The fraction of sp³-hybridized carbons (Fsp3) is 0.636. The average molecular weight is 498 g/mol. The van der Waals surface area contributed by atoms with Gasteiger partial charge in [-0.2, -0.15) is 9.29 Å². The summed E-state index contributed by atoms with van der Waals surface area (Å²) in [5.41, 5.74) is 3.60. The highest BCUT2D eigenvalue weighted by Crippen LogP contribution is 2.66. The molecule has 1 aromatic heterocycles. The van der Waals surface area contributed by atoms with E-state index in [0.29, 0.717) is 6.42 Å². The van der Waals surface area contributed by atoms with Crippen LogP contribution in [-0.2, 0) is 27.1 Å². The third kappa shape index (κ3) is 7.23. The Kier molecular flexibility index (Phi) is 7.53. The van der Waals surface area contributed by atoms with Crippen LogP contribution < -0.4 is 11.4 Å². The van der Waals surface area contributed by atoms with Crippen molar-refractivity contribution < 1.29 is 46.6 Å². The highest BCUT2D eigenvalue weighted by molar-refractivity contribution is 7.68. The molecular weight excluding hydrogens is 479 g/mol. The van der Waals surface area contributed by atoms with Crippen LogP contribution in [0.3, 0.4) is 0 Å². The van der Waals surface area contributed by atoms with Gasteiger partial charge in [-0.05, 0) is 25.3 Å². The molecule has 1 aliphatic rings. The molecule has 6 N–H and O–H groups in total. The van der Waals surface area contributed by atoms with E-state index >= 15 is 0 Å². The van der Waals surface area contributed by atoms with E-state index in [-0.39, 0.29) is 24.5 Å². The van der Waals surface area contributed by atoms with Crippen LogP contribution in [0.5, 0.6) is 0 Å². The Hall–Kier alpha value is -0.620. The van der Waals surface area contributed by atoms with E-state index in [4.69, 9.17) is 31.9 Å². The molecule has 2 unspecified atom stereocenters. The van der Waals surface area contributed by atoms with E-state index < -0.39 is 46.9 Å². The maximum Gasteiger partial charge on any atom is 0.488 e. The third-order valence-corrected chi connectivity index (χ3v) is 8.73. The van der Waals surface area contributed by atoms with Crippen LogP contribution >= 0.6 is 34.8 Å². The first-order chi connectivity index (χ1) is 13.2. The molecule has 29 heavy (non-hydrogen) atoms. The summed E-state index contributed by atoms with van der Waals surface area (Å²) >= 11 is 5.94. The minimum atomic E-state index is -5.51. The first-order valence-electron chi connectivity index (χ1n) is 7.87. The van der Waals surface area contributed by atoms with E-state index in [1.54, 1.807) is 0 Å². The lowest BCUT2D eigenvalue weighted by Crippen LogP contribution is -2.34. The highest BCUT2D eigenvalue weighted by Gasteiger charge is 2.44. The summed E-state index contributed by atoms with van der Waals surface area (Å²) in [6, 6.07) is 1.39. The molecule has 1 fully saturated rings. The molecule has 1 aliphatic heterocycles. The first kappa shape index (κ1) is 24.6. The number of ether oxygens (including phenoxy) is 1. The molecule has 0 spiro atoms. The predicted molar refractivity (Wildman–Crippen MR) is 99.1 cm³/mol. The van der Waals surface area contributed by atoms with Crippen molar-refractivity contribution in [1.29, 1.82) is 0 Å². The van der Waals surface area contributed by atoms with Crippen LogP contribution in [0, 0.1) is 0 Å². The van der Waals surface area contributed by atoms with Gasteiger partial charge in [0.15, 0.2) is 0 Å². The van der Waals surface area contributed by atoms with Crippen molar-refractivity contribution in [3.05, 3.63) is 22.7 Å². The maximum atomic E-state index is 12.1. The van der Waals surface area contributed by atoms with Crippen molar-refractivity contribution in [2.24, 2.45) is 0 Å². The van der Waals surface area contributed by atoms with Gasteiger partial charge in [0.05, 0.1) is 17.6 Å². The van der Waals surface area contributed by atoms with Crippen LogP contribution in [0.2, 0.25) is 0 Å². The number of halogens is 1. The van der Waals surface area contributed by atoms with E-state index in [0.717, 1.165) is 0 Å². The average Bonchev–Trinajstić information content (AvgIpc) is 2.94. The molecule has 0 radical (unpaired) electrons. The number of nitrogen functional groups attached to an aromatic ring is 1. The third-order valence-electron chi connectivity index (χ3n) is 3.93. The Morgan fingerprint density at radius 3 is 2.52 bits per heavy atom. The van der Waals surface area contributed by atoms with Crippen LogP contribution in [0.1, 0.15) is 25.5 Å². The van der Waals surface area contributed by atoms with Crippen LogP contribution in [0.15, 0.2) is 17.1 Å². The SMILES string of the molecule is Nc1ccn([C@H]2CC[C@@](CCl)(CCP(=O)(O)OP(=O)(O)OP(=O)(O)O)O2)c(=O)n1. The van der Waals surface area contributed by atoms with Crippen molar-refractivity contribution >= 4 is 40.7 Å². The summed E-state index contributed by atoms with van der Waals surface area (Å²) in [7, 11) is -15.8. The van der Waals surface area contributed by atoms with Gasteiger partial charge in [0, 0.05) is 6.20 Å². The van der Waals surface area contributed by atoms with Crippen molar-refractivity contribution in [3.63, 3.8) is 0 Å². The van der Waals surface area contributed by atoms with E-state index in [1.807, 2.05) is 0 Å². The number of anilines is 1. The number of alkyl halides is 1. The van der Waals surface area contributed by atoms with E-state index in [1.165, 1.54) is 16.8 Å². The molecule has 0 bridgehead atoms. The molecule has 0 aliphatic carbocycles. The van der Waals surface area contributed by atoms with Crippen molar-refractivity contribution in [2.45, 2.75) is 31.1 Å². The zero-order valence-electron chi connectivity index (χ0n) is 14.6. The second-order valence-electron chi connectivity index (χ2n) is 6.20. The minimum Gasteiger partial charge on any atom is -0.383 e. The van der Waals surface area contributed by atoms with Crippen molar-refractivity contribution in [1.82, 2.24) is 9.55 Å². The van der Waals surface area contributed by atoms with E-state index in [9.17, 15) is 28.3 Å². The number of rotatable bonds is 9. The number of phosphoric acid groups is 2. The quantitative estimate of drug-likeness (QED) is 0.237. The maximum absolute atomic E-state index is 12.1. The van der Waals surface area contributed by atoms with Gasteiger partial charge in [0.1, 0.15) is 12.0 Å². The van der Waals surface area contributed by atoms with Gasteiger partial charge in [0.2, 0.25) is 0 Å². The molecule has 0 saturated carbocycles. The number of nitrogens with two attached hydrogens (primary N) is 1. The van der Waals surface area contributed by atoms with Gasteiger partial charge in [-0.1, -0.05) is 0 Å². The number of hydrogen-bond donors (Lipinski definition) is 5. The number of nitrogens with zero attached hydrogens (tertiary/aromatic N) is 2. The normalized spacial score (nSPS) is 26.7. The molecule has 1 aromatic rings. The van der Waals surface area contributed by atoms with Gasteiger partial charge in [-0.15, -0.1) is 11.6 Å². The Labute approximate surface area is 169 Å². The molecule has 2 heterocycles. The molecule has 4 atom stereocenters. The largest absolute Gasteiger partial charge is 0.488 e. The summed E-state index contributed by atoms with van der Waals surface area (Å²) < 4.78 is 48.6. The monoisotopic (exact) mass is 497 g/mol. The van der Waals surface area contributed by atoms with Crippen LogP contribution in [-0.4, -0.2) is 46.8 Å². The lowest BCUT2D eigenvalue weighted by Gasteiger charge is -2.28. The zero-order chi connectivity index (χ0) is 22.1. The topological polar surface area (TPSA) is 221 Å². The Bertz CT molecular complexity index is 951. The van der Waals surface area contributed by atoms with Gasteiger partial charge < -0.3 is 30.0 Å². The smallest absolute Gasteiger partial charge is 0.383 e. The van der Waals surface area contributed by atoms with Gasteiger partial charge in [0.25, 0.3) is 0 Å². The molecule has 166 valence electrons. The van der Waals surface area contributed by atoms with Gasteiger partial charge >= 0.3 is 28.9 Å². The molecule has 2 rings (SSSR count). The van der Waals surface area contributed by atoms with Gasteiger partial charge in [-0.3, -0.25) is 9.13 Å². The van der Waals surface area contributed by atoms with Gasteiger partial charge in [-0.25, -0.2) is 18.2 Å². The molecule has 14 nitrogen and oxygen atoms in total. The molecule has 18 heteroatoms. The first-order valence-corrected chi connectivity index (χ1v) is 13.2. The van der Waals surface area contributed by atoms with Crippen LogP contribution in [0.25, 0.3) is 0 Å². The second-order valence-corrected chi connectivity index (χ2v) is 11.4. The lowest BCUT2D eigenvalue weighted by molar-refractivity contribution is -0.0623. The summed E-state index contributed by atoms with van der Waals surface area (Å²) in [6.07, 6.45) is 0.226. The Morgan fingerprint density at radius 1 is 1.31 bits per heavy atom. The number of hydrogen-bond acceptors (Lipinski definition) is 9. The lowest BCUT2D eigenvalue weighted by atomic mass is 9.99. The van der Waals surface area contributed by atoms with Crippen LogP contribution in [0.4, 0.5) is 5.82 Å². The standard InChI is InChI=1S/C11H19ClN3O11P3/c12-7-11(3-1-9(24-11)15-5-2-8(13)14-10(15)16)4-6-27(17,18)25-29(22,23)26-28(19,20)21/h2,5,9H,1,3-4,6-7H2,(H,17,18)(H,22,23)(H2,13,14,16)(H2,19,20,21)/t9-,11+/m1/s1. The zero-order valence-corrected chi connectivity index (χ0v) is 18.0. The molecule has 0 aromatic carbocycles. The summed E-state index contributed by atoms with van der Waals surface area (Å²) in [6.45, 7) is 0. The minimum absolute atomic E-state index is 0.0252. The summed E-state index contributed by atoms with van der Waals surface area (Å²) in [5.74, 6) is -0.117. The van der Waals surface area contributed by atoms with Crippen molar-refractivity contribution in [2.75, 3.05) is 17.8 Å². The number of aromatic nitrogens is 2. The highest BCUT2D eigenvalue weighted by atomic mass is 35.5. The molecule has 0 amide bonds.